The smallest absolute Gasteiger partial charge is 0.248 e. The molecule has 1 saturated carbocycles. The van der Waals surface area contributed by atoms with E-state index in [1.807, 2.05) is 25.1 Å². The van der Waals surface area contributed by atoms with E-state index in [1.54, 1.807) is 18.2 Å². The molecule has 4 heteroatoms. The molecule has 3 rings (SSSR count). The predicted molar refractivity (Wildman–Crippen MR) is 92.1 cm³/mol. The van der Waals surface area contributed by atoms with Crippen molar-refractivity contribution in [2.24, 2.45) is 5.73 Å². The van der Waals surface area contributed by atoms with Gasteiger partial charge in [0, 0.05) is 17.3 Å². The molecule has 1 aliphatic carbocycles. The van der Waals surface area contributed by atoms with E-state index in [-0.39, 0.29) is 0 Å². The number of ether oxygens (including phenoxy) is 1. The molecule has 0 aromatic heterocycles. The molecule has 0 unspecified atom stereocenters. The normalized spacial score (nSPS) is 14.7. The first-order valence-electron chi connectivity index (χ1n) is 8.07. The molecule has 4 nitrogen and oxygen atoms in total. The molecule has 2 aromatic rings. The number of rotatable bonds is 5. The lowest BCUT2D eigenvalue weighted by Gasteiger charge is -2.16. The van der Waals surface area contributed by atoms with Gasteiger partial charge >= 0.3 is 0 Å². The molecule has 0 aliphatic heterocycles. The number of nitrogens with two attached hydrogens (primary N) is 1. The first-order chi connectivity index (χ1) is 11.1. The Morgan fingerprint density at radius 2 is 1.96 bits per heavy atom. The highest BCUT2D eigenvalue weighted by molar-refractivity contribution is 5.93. The Bertz CT molecular complexity index is 706. The number of primary amides is 1. The van der Waals surface area contributed by atoms with Crippen molar-refractivity contribution in [3.05, 3.63) is 53.6 Å². The first-order valence-corrected chi connectivity index (χ1v) is 8.07. The van der Waals surface area contributed by atoms with Gasteiger partial charge in [-0.1, -0.05) is 18.9 Å². The molecule has 0 saturated heterocycles. The number of nitrogens with one attached hydrogen (secondary N) is 1. The molecule has 0 atom stereocenters. The highest BCUT2D eigenvalue weighted by Gasteiger charge is 2.14. The summed E-state index contributed by atoms with van der Waals surface area (Å²) in [4.78, 5) is 11.2. The van der Waals surface area contributed by atoms with Crippen LogP contribution < -0.4 is 15.8 Å². The van der Waals surface area contributed by atoms with Gasteiger partial charge in [0.2, 0.25) is 5.91 Å². The fraction of sp³-hybridized carbons (Fsp3) is 0.316. The molecule has 1 fully saturated rings. The monoisotopic (exact) mass is 310 g/mol. The van der Waals surface area contributed by atoms with Crippen LogP contribution in [-0.4, -0.2) is 11.9 Å². The van der Waals surface area contributed by atoms with Crippen molar-refractivity contribution in [1.29, 1.82) is 0 Å². The highest BCUT2D eigenvalue weighted by Crippen LogP contribution is 2.29. The maximum atomic E-state index is 11.2. The van der Waals surface area contributed by atoms with Gasteiger partial charge < -0.3 is 15.8 Å². The van der Waals surface area contributed by atoms with Gasteiger partial charge in [0.1, 0.15) is 11.5 Å². The van der Waals surface area contributed by atoms with Crippen molar-refractivity contribution < 1.29 is 9.53 Å². The van der Waals surface area contributed by atoms with Crippen LogP contribution >= 0.6 is 0 Å². The number of benzene rings is 2. The summed E-state index contributed by atoms with van der Waals surface area (Å²) in [6, 6.07) is 13.6. The van der Waals surface area contributed by atoms with E-state index in [9.17, 15) is 4.79 Å². The van der Waals surface area contributed by atoms with Crippen LogP contribution in [0.25, 0.3) is 0 Å². The van der Waals surface area contributed by atoms with Gasteiger partial charge in [-0.05, 0) is 61.7 Å². The molecular weight excluding hydrogens is 288 g/mol. The maximum Gasteiger partial charge on any atom is 0.248 e. The van der Waals surface area contributed by atoms with Crippen molar-refractivity contribution in [2.45, 2.75) is 38.6 Å². The summed E-state index contributed by atoms with van der Waals surface area (Å²) in [5.74, 6) is 0.938. The summed E-state index contributed by atoms with van der Waals surface area (Å²) in [5, 5.41) is 3.58. The van der Waals surface area contributed by atoms with Gasteiger partial charge in [-0.15, -0.1) is 0 Å². The summed E-state index contributed by atoms with van der Waals surface area (Å²) < 4.78 is 5.89. The van der Waals surface area contributed by atoms with E-state index in [4.69, 9.17) is 10.5 Å². The maximum absolute atomic E-state index is 11.2. The Morgan fingerprint density at radius 1 is 1.17 bits per heavy atom. The van der Waals surface area contributed by atoms with Gasteiger partial charge in [0.25, 0.3) is 0 Å². The van der Waals surface area contributed by atoms with Crippen LogP contribution in [0.3, 0.4) is 0 Å². The second-order valence-electron chi connectivity index (χ2n) is 6.10. The van der Waals surface area contributed by atoms with Crippen molar-refractivity contribution in [3.63, 3.8) is 0 Å². The molecule has 0 heterocycles. The van der Waals surface area contributed by atoms with Crippen LogP contribution in [0.1, 0.15) is 41.6 Å². The van der Waals surface area contributed by atoms with Gasteiger partial charge in [-0.3, -0.25) is 4.79 Å². The van der Waals surface area contributed by atoms with Crippen LogP contribution in [0.5, 0.6) is 11.5 Å². The van der Waals surface area contributed by atoms with Crippen LogP contribution in [-0.2, 0) is 0 Å². The minimum Gasteiger partial charge on any atom is -0.457 e. The molecule has 0 radical (unpaired) electrons. The quantitative estimate of drug-likeness (QED) is 0.868. The standard InChI is InChI=1S/C19H22N2O2/c1-13-11-16(21-15-6-2-3-7-15)9-10-18(13)23-17-8-4-5-14(12-17)19(20)22/h4-5,8-12,15,21H,2-3,6-7H2,1H3,(H2,20,22). The number of anilines is 1. The zero-order valence-corrected chi connectivity index (χ0v) is 13.3. The summed E-state index contributed by atoms with van der Waals surface area (Å²) >= 11 is 0. The van der Waals surface area contributed by atoms with Gasteiger partial charge in [0.05, 0.1) is 0 Å². The summed E-state index contributed by atoms with van der Waals surface area (Å²) in [5.41, 5.74) is 7.93. The van der Waals surface area contributed by atoms with Crippen molar-refractivity contribution in [1.82, 2.24) is 0 Å². The van der Waals surface area contributed by atoms with E-state index < -0.39 is 5.91 Å². The topological polar surface area (TPSA) is 64.3 Å². The minimum absolute atomic E-state index is 0.444. The van der Waals surface area contributed by atoms with E-state index in [0.717, 1.165) is 17.0 Å². The Morgan fingerprint density at radius 3 is 2.65 bits per heavy atom. The molecule has 0 bridgehead atoms. The van der Waals surface area contributed by atoms with Crippen molar-refractivity contribution in [2.75, 3.05) is 5.32 Å². The van der Waals surface area contributed by atoms with Crippen molar-refractivity contribution in [3.8, 4) is 11.5 Å². The molecule has 23 heavy (non-hydrogen) atoms. The summed E-state index contributed by atoms with van der Waals surface area (Å²) in [7, 11) is 0. The van der Waals surface area contributed by atoms with Crippen LogP contribution in [0.2, 0.25) is 0 Å². The molecule has 3 N–H and O–H groups in total. The number of amides is 1. The zero-order valence-electron chi connectivity index (χ0n) is 13.3. The third-order valence-electron chi connectivity index (χ3n) is 4.25. The highest BCUT2D eigenvalue weighted by atomic mass is 16.5. The SMILES string of the molecule is Cc1cc(NC2CCCC2)ccc1Oc1cccc(C(N)=O)c1. The summed E-state index contributed by atoms with van der Waals surface area (Å²) in [6.07, 6.45) is 5.12. The van der Waals surface area contributed by atoms with Gasteiger partial charge in [-0.2, -0.15) is 0 Å². The fourth-order valence-corrected chi connectivity index (χ4v) is 3.00. The molecule has 2 aromatic carbocycles. The van der Waals surface area contributed by atoms with Crippen molar-refractivity contribution >= 4 is 11.6 Å². The molecule has 120 valence electrons. The van der Waals surface area contributed by atoms with Gasteiger partial charge in [0.15, 0.2) is 0 Å². The van der Waals surface area contributed by atoms with E-state index in [2.05, 4.69) is 11.4 Å². The number of hydrogen-bond acceptors (Lipinski definition) is 3. The predicted octanol–water partition coefficient (Wildman–Crippen LogP) is 4.24. The van der Waals surface area contributed by atoms with E-state index in [0.29, 0.717) is 17.4 Å². The largest absolute Gasteiger partial charge is 0.457 e. The Hall–Kier alpha value is -2.49. The zero-order chi connectivity index (χ0) is 16.2. The Labute approximate surface area is 136 Å². The Kier molecular flexibility index (Phi) is 4.51. The fourth-order valence-electron chi connectivity index (χ4n) is 3.00. The number of carbonyl (C=O) groups excluding carboxylic acids is 1. The molecule has 1 aliphatic rings. The summed E-state index contributed by atoms with van der Waals surface area (Å²) in [6.45, 7) is 2.02. The van der Waals surface area contributed by atoms with Crippen LogP contribution in [0, 0.1) is 6.92 Å². The molecular formula is C19H22N2O2. The number of carbonyl (C=O) groups is 1. The first kappa shape index (κ1) is 15.4. The molecule has 0 spiro atoms. The lowest BCUT2D eigenvalue weighted by Crippen LogP contribution is -2.14. The van der Waals surface area contributed by atoms with Crippen LogP contribution in [0.4, 0.5) is 5.69 Å². The minimum atomic E-state index is -0.455. The van der Waals surface area contributed by atoms with Crippen LogP contribution in [0.15, 0.2) is 42.5 Å². The Balaban J connectivity index is 1.73. The lowest BCUT2D eigenvalue weighted by molar-refractivity contribution is 0.1000. The second kappa shape index (κ2) is 6.73. The second-order valence-corrected chi connectivity index (χ2v) is 6.10. The molecule has 1 amide bonds. The number of aryl methyl sites for hydroxylation is 1. The third kappa shape index (κ3) is 3.83. The van der Waals surface area contributed by atoms with E-state index >= 15 is 0 Å². The number of hydrogen-bond donors (Lipinski definition) is 2. The lowest BCUT2D eigenvalue weighted by atomic mass is 10.1. The van der Waals surface area contributed by atoms with Gasteiger partial charge in [-0.25, -0.2) is 0 Å². The third-order valence-corrected chi connectivity index (χ3v) is 4.25. The van der Waals surface area contributed by atoms with E-state index in [1.165, 1.54) is 25.7 Å². The average Bonchev–Trinajstić information content (AvgIpc) is 3.03. The average molecular weight is 310 g/mol.